The van der Waals surface area contributed by atoms with Crippen molar-refractivity contribution in [3.8, 4) is 11.8 Å². The minimum absolute atomic E-state index is 0.123. The molecule has 0 saturated carbocycles. The number of hydrogen-bond donors (Lipinski definition) is 1. The van der Waals surface area contributed by atoms with Crippen LogP contribution in [0.15, 0.2) is 29.4 Å². The number of rotatable bonds is 7. The molecule has 8 nitrogen and oxygen atoms in total. The summed E-state index contributed by atoms with van der Waals surface area (Å²) in [5.41, 5.74) is 2.13. The predicted octanol–water partition coefficient (Wildman–Crippen LogP) is 1.53. The van der Waals surface area contributed by atoms with E-state index in [1.54, 1.807) is 0 Å². The first-order valence-electron chi connectivity index (χ1n) is 8.80. The second-order valence-corrected chi connectivity index (χ2v) is 7.04. The fraction of sp³-hybridized carbons (Fsp3) is 0.444. The second kappa shape index (κ2) is 9.39. The number of morpholine rings is 1. The minimum Gasteiger partial charge on any atom is -0.378 e. The van der Waals surface area contributed by atoms with Crippen molar-refractivity contribution in [3.63, 3.8) is 0 Å². The standard InChI is InChI=1S/C18H22N6O2S/c1-14-3-5-15(6-4-14)24-17(23-9-11-26-12-10-23)21-22-18(24)27-13-16(25)20-8-2-7-19/h3-6H,2,8-13H2,1H3,(H,20,25). The van der Waals surface area contributed by atoms with E-state index >= 15 is 0 Å². The number of hydrogen-bond acceptors (Lipinski definition) is 7. The Balaban J connectivity index is 1.80. The molecule has 0 bridgehead atoms. The van der Waals surface area contributed by atoms with E-state index in [4.69, 9.17) is 10.00 Å². The Morgan fingerprint density at radius 2 is 2.04 bits per heavy atom. The van der Waals surface area contributed by atoms with Gasteiger partial charge in [0.2, 0.25) is 11.9 Å². The molecule has 2 aromatic rings. The molecule has 1 aromatic carbocycles. The van der Waals surface area contributed by atoms with Gasteiger partial charge in [-0.05, 0) is 19.1 Å². The van der Waals surface area contributed by atoms with Crippen LogP contribution in [0.25, 0.3) is 5.69 Å². The van der Waals surface area contributed by atoms with Crippen LogP contribution < -0.4 is 10.2 Å². The molecular formula is C18H22N6O2S. The average molecular weight is 386 g/mol. The summed E-state index contributed by atoms with van der Waals surface area (Å²) in [5, 5.41) is 20.6. The summed E-state index contributed by atoms with van der Waals surface area (Å²) in [5.74, 6) is 0.856. The molecule has 0 atom stereocenters. The maximum absolute atomic E-state index is 12.0. The maximum atomic E-state index is 12.0. The number of benzene rings is 1. The molecule has 1 saturated heterocycles. The Kier molecular flexibility index (Phi) is 6.68. The topological polar surface area (TPSA) is 96.1 Å². The summed E-state index contributed by atoms with van der Waals surface area (Å²) in [6.07, 6.45) is 0.303. The lowest BCUT2D eigenvalue weighted by Crippen LogP contribution is -2.37. The van der Waals surface area contributed by atoms with Gasteiger partial charge in [-0.1, -0.05) is 29.5 Å². The first-order valence-corrected chi connectivity index (χ1v) is 9.79. The maximum Gasteiger partial charge on any atom is 0.232 e. The van der Waals surface area contributed by atoms with Crippen LogP contribution in [0.5, 0.6) is 0 Å². The van der Waals surface area contributed by atoms with Crippen molar-refractivity contribution in [1.82, 2.24) is 20.1 Å². The highest BCUT2D eigenvalue weighted by Crippen LogP contribution is 2.27. The number of thioether (sulfide) groups is 1. The number of ether oxygens (including phenoxy) is 1. The monoisotopic (exact) mass is 386 g/mol. The van der Waals surface area contributed by atoms with E-state index in [-0.39, 0.29) is 11.7 Å². The van der Waals surface area contributed by atoms with E-state index in [1.165, 1.54) is 17.3 Å². The molecule has 1 aliphatic rings. The van der Waals surface area contributed by atoms with Gasteiger partial charge in [-0.3, -0.25) is 9.36 Å². The third kappa shape index (κ3) is 4.99. The van der Waals surface area contributed by atoms with Crippen molar-refractivity contribution in [2.24, 2.45) is 0 Å². The number of anilines is 1. The van der Waals surface area contributed by atoms with Crippen molar-refractivity contribution < 1.29 is 9.53 Å². The summed E-state index contributed by atoms with van der Waals surface area (Å²) < 4.78 is 7.42. The molecule has 0 radical (unpaired) electrons. The van der Waals surface area contributed by atoms with E-state index in [0.717, 1.165) is 24.7 Å². The predicted molar refractivity (Wildman–Crippen MR) is 103 cm³/mol. The van der Waals surface area contributed by atoms with Crippen LogP contribution in [0.1, 0.15) is 12.0 Å². The van der Waals surface area contributed by atoms with Crippen LogP contribution in [-0.2, 0) is 9.53 Å². The van der Waals surface area contributed by atoms with Gasteiger partial charge in [-0.25, -0.2) is 0 Å². The van der Waals surface area contributed by atoms with E-state index in [1.807, 2.05) is 41.8 Å². The van der Waals surface area contributed by atoms with E-state index in [0.29, 0.717) is 31.3 Å². The normalized spacial score (nSPS) is 14.0. The van der Waals surface area contributed by atoms with Crippen molar-refractivity contribution >= 4 is 23.6 Å². The van der Waals surface area contributed by atoms with Gasteiger partial charge in [-0.2, -0.15) is 5.26 Å². The number of carbonyl (C=O) groups excluding carboxylic acids is 1. The van der Waals surface area contributed by atoms with E-state index in [2.05, 4.69) is 20.4 Å². The number of nitrogens with one attached hydrogen (secondary N) is 1. The van der Waals surface area contributed by atoms with Crippen molar-refractivity contribution in [3.05, 3.63) is 29.8 Å². The molecule has 27 heavy (non-hydrogen) atoms. The molecule has 2 heterocycles. The molecule has 0 aliphatic carbocycles. The van der Waals surface area contributed by atoms with E-state index in [9.17, 15) is 4.79 Å². The Labute approximate surface area is 162 Å². The Morgan fingerprint density at radius 1 is 1.30 bits per heavy atom. The lowest BCUT2D eigenvalue weighted by Gasteiger charge is -2.27. The molecule has 1 aromatic heterocycles. The quantitative estimate of drug-likeness (QED) is 0.569. The van der Waals surface area contributed by atoms with E-state index < -0.39 is 0 Å². The first kappa shape index (κ1) is 19.2. The van der Waals surface area contributed by atoms with Gasteiger partial charge in [0.25, 0.3) is 0 Å². The third-order valence-electron chi connectivity index (χ3n) is 4.09. The smallest absolute Gasteiger partial charge is 0.232 e. The molecule has 0 unspecified atom stereocenters. The van der Waals surface area contributed by atoms with Gasteiger partial charge in [0.15, 0.2) is 5.16 Å². The zero-order chi connectivity index (χ0) is 19.1. The van der Waals surface area contributed by atoms with Crippen LogP contribution in [0.2, 0.25) is 0 Å². The van der Waals surface area contributed by atoms with Crippen LogP contribution in [0.3, 0.4) is 0 Å². The number of nitriles is 1. The highest BCUT2D eigenvalue weighted by atomic mass is 32.2. The largest absolute Gasteiger partial charge is 0.378 e. The third-order valence-corrected chi connectivity index (χ3v) is 5.02. The molecule has 1 amide bonds. The van der Waals surface area contributed by atoms with Crippen LogP contribution >= 0.6 is 11.8 Å². The molecule has 1 N–H and O–H groups in total. The molecule has 1 aliphatic heterocycles. The van der Waals surface area contributed by atoms with Gasteiger partial charge in [0, 0.05) is 19.6 Å². The zero-order valence-corrected chi connectivity index (χ0v) is 16.0. The molecule has 0 spiro atoms. The zero-order valence-electron chi connectivity index (χ0n) is 15.2. The summed E-state index contributed by atoms with van der Waals surface area (Å²) in [4.78, 5) is 14.1. The van der Waals surface area contributed by atoms with Gasteiger partial charge < -0.3 is 15.0 Å². The van der Waals surface area contributed by atoms with Gasteiger partial charge in [-0.15, -0.1) is 10.2 Å². The molecule has 9 heteroatoms. The minimum atomic E-state index is -0.123. The highest BCUT2D eigenvalue weighted by Gasteiger charge is 2.22. The fourth-order valence-electron chi connectivity index (χ4n) is 2.68. The fourth-order valence-corrected chi connectivity index (χ4v) is 3.46. The summed E-state index contributed by atoms with van der Waals surface area (Å²) in [7, 11) is 0. The number of aryl methyl sites for hydroxylation is 1. The highest BCUT2D eigenvalue weighted by molar-refractivity contribution is 7.99. The summed E-state index contributed by atoms with van der Waals surface area (Å²) in [6.45, 7) is 5.22. The Hall–Kier alpha value is -2.57. The second-order valence-electron chi connectivity index (χ2n) is 6.10. The lowest BCUT2D eigenvalue weighted by molar-refractivity contribution is -0.118. The van der Waals surface area contributed by atoms with Crippen molar-refractivity contribution in [1.29, 1.82) is 5.26 Å². The molecule has 1 fully saturated rings. The SMILES string of the molecule is Cc1ccc(-n2c(SCC(=O)NCCC#N)nnc2N2CCOCC2)cc1. The number of aromatic nitrogens is 3. The number of carbonyl (C=O) groups is 1. The molecule has 3 rings (SSSR count). The summed E-state index contributed by atoms with van der Waals surface area (Å²) in [6, 6.07) is 10.1. The number of amides is 1. The summed E-state index contributed by atoms with van der Waals surface area (Å²) >= 11 is 1.33. The van der Waals surface area contributed by atoms with Gasteiger partial charge in [0.05, 0.1) is 37.1 Å². The Morgan fingerprint density at radius 3 is 2.74 bits per heavy atom. The first-order chi connectivity index (χ1) is 13.2. The van der Waals surface area contributed by atoms with Crippen LogP contribution in [-0.4, -0.2) is 59.3 Å². The van der Waals surface area contributed by atoms with Crippen LogP contribution in [0.4, 0.5) is 5.95 Å². The Bertz CT molecular complexity index is 808. The molecule has 142 valence electrons. The van der Waals surface area contributed by atoms with Gasteiger partial charge >= 0.3 is 0 Å². The van der Waals surface area contributed by atoms with Crippen molar-refractivity contribution in [2.75, 3.05) is 43.5 Å². The van der Waals surface area contributed by atoms with Crippen LogP contribution in [0, 0.1) is 18.3 Å². The van der Waals surface area contributed by atoms with Crippen molar-refractivity contribution in [2.45, 2.75) is 18.5 Å². The molecular weight excluding hydrogens is 364 g/mol. The van der Waals surface area contributed by atoms with Gasteiger partial charge in [0.1, 0.15) is 0 Å². The average Bonchev–Trinajstić information content (AvgIpc) is 3.12. The number of nitrogens with zero attached hydrogens (tertiary/aromatic N) is 5. The lowest BCUT2D eigenvalue weighted by atomic mass is 10.2.